The Morgan fingerprint density at radius 2 is 1.74 bits per heavy atom. The summed E-state index contributed by atoms with van der Waals surface area (Å²) in [6, 6.07) is 20.6. The van der Waals surface area contributed by atoms with Crippen molar-refractivity contribution in [1.29, 1.82) is 0 Å². The first-order chi connectivity index (χ1) is 22.5. The Kier molecular flexibility index (Phi) is 12.5. The third-order valence-corrected chi connectivity index (χ3v) is 9.64. The van der Waals surface area contributed by atoms with Crippen molar-refractivity contribution in [2.45, 2.75) is 45.5 Å². The third-order valence-electron chi connectivity index (χ3n) is 7.38. The summed E-state index contributed by atoms with van der Waals surface area (Å²) >= 11 is 1.43. The lowest BCUT2D eigenvalue weighted by Crippen LogP contribution is -2.48. The van der Waals surface area contributed by atoms with Crippen LogP contribution in [-0.4, -0.2) is 73.8 Å². The number of ether oxygens (including phenoxy) is 1. The quantitative estimate of drug-likeness (QED) is 0.139. The number of benzene rings is 3. The van der Waals surface area contributed by atoms with Crippen molar-refractivity contribution in [3.05, 3.63) is 111 Å². The number of nitrogens with zero attached hydrogens (tertiary/aromatic N) is 2. The second kappa shape index (κ2) is 16.5. The van der Waals surface area contributed by atoms with Crippen LogP contribution in [0.25, 0.3) is 0 Å². The Morgan fingerprint density at radius 3 is 2.43 bits per heavy atom. The van der Waals surface area contributed by atoms with Crippen molar-refractivity contribution in [2.75, 3.05) is 31.2 Å². The molecule has 1 heterocycles. The van der Waals surface area contributed by atoms with E-state index in [1.165, 1.54) is 41.4 Å². The maximum absolute atomic E-state index is 13.8. The molecule has 0 saturated heterocycles. The molecule has 47 heavy (non-hydrogen) atoms. The first-order valence-corrected chi connectivity index (χ1v) is 17.7. The van der Waals surface area contributed by atoms with Crippen molar-refractivity contribution < 1.29 is 27.9 Å². The molecule has 0 aliphatic heterocycles. The van der Waals surface area contributed by atoms with Gasteiger partial charge in [-0.15, -0.1) is 11.3 Å². The van der Waals surface area contributed by atoms with E-state index in [1.807, 2.05) is 66.9 Å². The van der Waals surface area contributed by atoms with Crippen molar-refractivity contribution in [3.8, 4) is 5.75 Å². The van der Waals surface area contributed by atoms with E-state index in [9.17, 15) is 23.1 Å². The van der Waals surface area contributed by atoms with Gasteiger partial charge in [0.15, 0.2) is 0 Å². The van der Waals surface area contributed by atoms with Crippen molar-refractivity contribution in [2.24, 2.45) is 0 Å². The number of aryl methyl sites for hydroxylation is 1. The van der Waals surface area contributed by atoms with Crippen LogP contribution >= 0.6 is 11.3 Å². The molecule has 0 aliphatic rings. The monoisotopic (exact) mass is 679 g/mol. The number of carbonyl (C=O) groups excluding carboxylic acids is 2. The van der Waals surface area contributed by atoms with E-state index in [4.69, 9.17) is 4.74 Å². The fraction of sp³-hybridized carbons (Fsp3) is 0.324. The van der Waals surface area contributed by atoms with E-state index in [-0.39, 0.29) is 35.7 Å². The van der Waals surface area contributed by atoms with Crippen molar-refractivity contribution in [1.82, 2.24) is 20.5 Å². The number of aliphatic hydroxyl groups excluding tert-OH is 1. The summed E-state index contributed by atoms with van der Waals surface area (Å²) in [4.78, 5) is 33.2. The molecule has 2 atom stereocenters. The van der Waals surface area contributed by atoms with E-state index in [2.05, 4.69) is 20.3 Å². The molecule has 1 aromatic heterocycles. The van der Waals surface area contributed by atoms with Gasteiger partial charge < -0.3 is 25.4 Å². The lowest BCUT2D eigenvalue weighted by atomic mass is 10.00. The highest BCUT2D eigenvalue weighted by atomic mass is 32.2. The van der Waals surface area contributed by atoms with Gasteiger partial charge in [0.2, 0.25) is 10.0 Å². The normalized spacial score (nSPS) is 12.6. The summed E-state index contributed by atoms with van der Waals surface area (Å²) < 4.78 is 32.7. The molecule has 0 saturated carbocycles. The maximum Gasteiger partial charge on any atom is 0.254 e. The third kappa shape index (κ3) is 10.6. The number of carbonyl (C=O) groups is 2. The Morgan fingerprint density at radius 1 is 1.02 bits per heavy atom. The second-order valence-corrected chi connectivity index (χ2v) is 14.1. The summed E-state index contributed by atoms with van der Waals surface area (Å²) in [6.45, 7) is 4.26. The van der Waals surface area contributed by atoms with E-state index in [0.717, 1.165) is 27.6 Å². The number of sulfonamides is 1. The van der Waals surface area contributed by atoms with Gasteiger partial charge in [-0.2, -0.15) is 0 Å². The van der Waals surface area contributed by atoms with E-state index in [1.54, 1.807) is 14.2 Å². The molecule has 0 spiro atoms. The Hall–Kier alpha value is -4.30. The molecule has 3 aromatic carbocycles. The Labute approximate surface area is 280 Å². The van der Waals surface area contributed by atoms with Gasteiger partial charge >= 0.3 is 0 Å². The SMILES string of the molecule is CCS(=O)(=O)Nc1cc(C(=O)N[C@@H](Cc2ccccc2)[C@H](O)CNCc2cccc(OC)c2)cc(C(=O)N(C)Cc2nc(C)cs2)c1. The predicted molar refractivity (Wildman–Crippen MR) is 184 cm³/mol. The largest absolute Gasteiger partial charge is 0.497 e. The molecular formula is C34H41N5O6S2. The number of nitrogens with one attached hydrogen (secondary N) is 3. The minimum atomic E-state index is -3.71. The van der Waals surface area contributed by atoms with Crippen LogP contribution in [0.15, 0.2) is 78.2 Å². The van der Waals surface area contributed by atoms with Crippen LogP contribution in [0.5, 0.6) is 5.75 Å². The number of anilines is 1. The minimum absolute atomic E-state index is 0.0674. The topological polar surface area (TPSA) is 150 Å². The second-order valence-electron chi connectivity index (χ2n) is 11.2. The van der Waals surface area contributed by atoms with Gasteiger partial charge in [-0.25, -0.2) is 13.4 Å². The highest BCUT2D eigenvalue weighted by Gasteiger charge is 2.24. The molecule has 4 N–H and O–H groups in total. The summed E-state index contributed by atoms with van der Waals surface area (Å²) in [5, 5.41) is 20.1. The van der Waals surface area contributed by atoms with E-state index >= 15 is 0 Å². The van der Waals surface area contributed by atoms with Gasteiger partial charge in [0.1, 0.15) is 10.8 Å². The average Bonchev–Trinajstić information content (AvgIpc) is 3.48. The number of thiazole rings is 1. The van der Waals surface area contributed by atoms with Crippen LogP contribution in [-0.2, 0) is 29.5 Å². The molecule has 250 valence electrons. The van der Waals surface area contributed by atoms with E-state index < -0.39 is 34.0 Å². The van der Waals surface area contributed by atoms with Crippen LogP contribution in [0, 0.1) is 6.92 Å². The number of aliphatic hydroxyl groups is 1. The highest BCUT2D eigenvalue weighted by molar-refractivity contribution is 7.92. The zero-order valence-electron chi connectivity index (χ0n) is 26.9. The Balaban J connectivity index is 1.56. The molecule has 0 unspecified atom stereocenters. The molecular weight excluding hydrogens is 639 g/mol. The number of hydrogen-bond donors (Lipinski definition) is 4. The zero-order chi connectivity index (χ0) is 34.0. The number of methoxy groups -OCH3 is 1. The van der Waals surface area contributed by atoms with Crippen LogP contribution in [0.2, 0.25) is 0 Å². The molecule has 0 fully saturated rings. The fourth-order valence-corrected chi connectivity index (χ4v) is 6.30. The highest BCUT2D eigenvalue weighted by Crippen LogP contribution is 2.21. The van der Waals surface area contributed by atoms with Gasteiger partial charge in [0, 0.05) is 42.3 Å². The Bertz CT molecular complexity index is 1760. The summed E-state index contributed by atoms with van der Waals surface area (Å²) in [6.07, 6.45) is -0.654. The zero-order valence-corrected chi connectivity index (χ0v) is 28.5. The first-order valence-electron chi connectivity index (χ1n) is 15.1. The summed E-state index contributed by atoms with van der Waals surface area (Å²) in [5.41, 5.74) is 3.01. The van der Waals surface area contributed by atoms with Crippen LogP contribution in [0.3, 0.4) is 0 Å². The smallest absolute Gasteiger partial charge is 0.254 e. The van der Waals surface area contributed by atoms with E-state index in [0.29, 0.717) is 13.0 Å². The standard InChI is InChI=1S/C34H41N5O6S2/c1-5-47(43,44)38-28-17-26(16-27(18-28)34(42)39(3)21-32-36-23(2)22-46-32)33(41)37-30(15-24-10-7-6-8-11-24)31(40)20-35-19-25-12-9-13-29(14-25)45-4/h6-14,16-18,22,30-31,35,38,40H,5,15,19-21H2,1-4H3,(H,37,41)/t30-,31+/m0/s1. The summed E-state index contributed by atoms with van der Waals surface area (Å²) in [7, 11) is -0.493. The predicted octanol–water partition coefficient (Wildman–Crippen LogP) is 3.99. The van der Waals surface area contributed by atoms with Crippen LogP contribution in [0.4, 0.5) is 5.69 Å². The molecule has 4 aromatic rings. The molecule has 2 amide bonds. The van der Waals surface area contributed by atoms with Crippen molar-refractivity contribution in [3.63, 3.8) is 0 Å². The van der Waals surface area contributed by atoms with Gasteiger partial charge in [0.25, 0.3) is 11.8 Å². The van der Waals surface area contributed by atoms with Gasteiger partial charge in [0.05, 0.1) is 37.2 Å². The van der Waals surface area contributed by atoms with Crippen LogP contribution < -0.4 is 20.1 Å². The number of hydrogen-bond acceptors (Lipinski definition) is 9. The van der Waals surface area contributed by atoms with Crippen molar-refractivity contribution >= 4 is 38.9 Å². The fourth-order valence-electron chi connectivity index (χ4n) is 4.86. The van der Waals surface area contributed by atoms with Gasteiger partial charge in [-0.3, -0.25) is 14.3 Å². The molecule has 0 radical (unpaired) electrons. The molecule has 0 aliphatic carbocycles. The lowest BCUT2D eigenvalue weighted by molar-refractivity contribution is 0.0784. The molecule has 4 rings (SSSR count). The van der Waals surface area contributed by atoms with Gasteiger partial charge in [-0.05, 0) is 61.7 Å². The van der Waals surface area contributed by atoms with Crippen LogP contribution in [0.1, 0.15) is 49.5 Å². The number of rotatable bonds is 16. The molecule has 13 heteroatoms. The average molecular weight is 680 g/mol. The van der Waals surface area contributed by atoms with Gasteiger partial charge in [-0.1, -0.05) is 42.5 Å². The lowest BCUT2D eigenvalue weighted by Gasteiger charge is -2.25. The summed E-state index contributed by atoms with van der Waals surface area (Å²) in [5.74, 6) is -0.441. The number of aromatic nitrogens is 1. The molecule has 0 bridgehead atoms. The molecule has 11 nitrogen and oxygen atoms in total. The number of amides is 2. The first kappa shape index (κ1) is 35.6. The minimum Gasteiger partial charge on any atom is -0.497 e. The maximum atomic E-state index is 13.8.